The van der Waals surface area contributed by atoms with Crippen molar-refractivity contribution in [3.63, 3.8) is 0 Å². The van der Waals surface area contributed by atoms with E-state index in [0.29, 0.717) is 11.4 Å². The molecule has 6 heteroatoms. The third kappa shape index (κ3) is 3.84. The number of aryl methyl sites for hydroxylation is 2. The van der Waals surface area contributed by atoms with Gasteiger partial charge in [-0.25, -0.2) is 9.97 Å². The standard InChI is InChI=1S/C17H18N4OS/c1-13-20-15(14-6-3-2-4-7-14)16(23-13)17(22)19-8-5-10-21-11-9-18-12-21/h2-4,6-7,9,11-12H,5,8,10H2,1H3,(H,19,22). The number of carbonyl (C=O) groups excluding carboxylic acids is 1. The third-order valence-corrected chi connectivity index (χ3v) is 4.39. The van der Waals surface area contributed by atoms with Gasteiger partial charge in [0.15, 0.2) is 0 Å². The Bertz CT molecular complexity index is 765. The minimum absolute atomic E-state index is 0.0555. The van der Waals surface area contributed by atoms with Gasteiger partial charge < -0.3 is 9.88 Å². The summed E-state index contributed by atoms with van der Waals surface area (Å²) in [5.74, 6) is -0.0555. The van der Waals surface area contributed by atoms with E-state index in [9.17, 15) is 4.79 Å². The molecule has 1 aromatic carbocycles. The van der Waals surface area contributed by atoms with Crippen LogP contribution in [0.4, 0.5) is 0 Å². The summed E-state index contributed by atoms with van der Waals surface area (Å²) in [4.78, 5) is 21.6. The Morgan fingerprint density at radius 1 is 1.30 bits per heavy atom. The molecule has 0 atom stereocenters. The molecular formula is C17H18N4OS. The summed E-state index contributed by atoms with van der Waals surface area (Å²) >= 11 is 1.43. The topological polar surface area (TPSA) is 59.8 Å². The number of hydrogen-bond acceptors (Lipinski definition) is 4. The molecule has 0 aliphatic rings. The SMILES string of the molecule is Cc1nc(-c2ccccc2)c(C(=O)NCCCn2ccnc2)s1. The van der Waals surface area contributed by atoms with Crippen molar-refractivity contribution in [3.05, 3.63) is 58.9 Å². The summed E-state index contributed by atoms with van der Waals surface area (Å²) < 4.78 is 2.00. The van der Waals surface area contributed by atoms with E-state index in [1.807, 2.05) is 48.0 Å². The minimum Gasteiger partial charge on any atom is -0.351 e. The second-order valence-electron chi connectivity index (χ2n) is 5.19. The number of aromatic nitrogens is 3. The normalized spacial score (nSPS) is 10.7. The van der Waals surface area contributed by atoms with Gasteiger partial charge in [-0.1, -0.05) is 30.3 Å². The van der Waals surface area contributed by atoms with Gasteiger partial charge in [0.1, 0.15) is 4.88 Å². The summed E-state index contributed by atoms with van der Waals surface area (Å²) in [5.41, 5.74) is 1.74. The van der Waals surface area contributed by atoms with Gasteiger partial charge in [0.05, 0.1) is 17.0 Å². The third-order valence-electron chi connectivity index (χ3n) is 3.43. The van der Waals surface area contributed by atoms with Gasteiger partial charge in [-0.05, 0) is 13.3 Å². The van der Waals surface area contributed by atoms with Crippen LogP contribution in [0.1, 0.15) is 21.1 Å². The predicted octanol–water partition coefficient (Wildman–Crippen LogP) is 3.14. The Balaban J connectivity index is 1.63. The Kier molecular flexibility index (Phi) is 4.83. The van der Waals surface area contributed by atoms with E-state index in [1.54, 1.807) is 12.5 Å². The number of nitrogens with one attached hydrogen (secondary N) is 1. The molecule has 1 amide bonds. The molecule has 0 bridgehead atoms. The lowest BCUT2D eigenvalue weighted by atomic mass is 10.1. The van der Waals surface area contributed by atoms with Gasteiger partial charge in [-0.3, -0.25) is 4.79 Å². The minimum atomic E-state index is -0.0555. The van der Waals surface area contributed by atoms with Crippen molar-refractivity contribution in [1.82, 2.24) is 19.9 Å². The molecule has 0 radical (unpaired) electrons. The molecule has 23 heavy (non-hydrogen) atoms. The summed E-state index contributed by atoms with van der Waals surface area (Å²) in [6.45, 7) is 3.39. The molecular weight excluding hydrogens is 308 g/mol. The van der Waals surface area contributed by atoms with Crippen LogP contribution in [0.3, 0.4) is 0 Å². The van der Waals surface area contributed by atoms with Crippen molar-refractivity contribution in [3.8, 4) is 11.3 Å². The second kappa shape index (κ2) is 7.19. The maximum atomic E-state index is 12.5. The predicted molar refractivity (Wildman–Crippen MR) is 91.5 cm³/mol. The first-order chi connectivity index (χ1) is 11.2. The fourth-order valence-corrected chi connectivity index (χ4v) is 3.19. The summed E-state index contributed by atoms with van der Waals surface area (Å²) in [6, 6.07) is 9.82. The first-order valence-corrected chi connectivity index (χ1v) is 8.32. The van der Waals surface area contributed by atoms with E-state index in [-0.39, 0.29) is 5.91 Å². The van der Waals surface area contributed by atoms with Crippen LogP contribution >= 0.6 is 11.3 Å². The van der Waals surface area contributed by atoms with Crippen molar-refractivity contribution in [2.75, 3.05) is 6.54 Å². The molecule has 3 aromatic rings. The second-order valence-corrected chi connectivity index (χ2v) is 6.39. The highest BCUT2D eigenvalue weighted by atomic mass is 32.1. The highest BCUT2D eigenvalue weighted by Gasteiger charge is 2.17. The number of hydrogen-bond donors (Lipinski definition) is 1. The van der Waals surface area contributed by atoms with E-state index >= 15 is 0 Å². The highest BCUT2D eigenvalue weighted by Crippen LogP contribution is 2.27. The molecule has 0 saturated carbocycles. The summed E-state index contributed by atoms with van der Waals surface area (Å²) in [7, 11) is 0. The zero-order valence-corrected chi connectivity index (χ0v) is 13.7. The number of thiazole rings is 1. The Hall–Kier alpha value is -2.47. The average molecular weight is 326 g/mol. The number of nitrogens with zero attached hydrogens (tertiary/aromatic N) is 3. The maximum absolute atomic E-state index is 12.5. The molecule has 2 heterocycles. The van der Waals surface area contributed by atoms with Crippen molar-refractivity contribution >= 4 is 17.2 Å². The molecule has 118 valence electrons. The van der Waals surface area contributed by atoms with Crippen LogP contribution in [0, 0.1) is 6.92 Å². The van der Waals surface area contributed by atoms with Crippen LogP contribution in [-0.4, -0.2) is 27.0 Å². The largest absolute Gasteiger partial charge is 0.351 e. The van der Waals surface area contributed by atoms with Crippen LogP contribution in [0.25, 0.3) is 11.3 Å². The first kappa shape index (κ1) is 15.4. The molecule has 5 nitrogen and oxygen atoms in total. The van der Waals surface area contributed by atoms with Crippen LogP contribution in [0.5, 0.6) is 0 Å². The molecule has 0 aliphatic heterocycles. The number of benzene rings is 1. The molecule has 0 fully saturated rings. The van der Waals surface area contributed by atoms with E-state index in [1.165, 1.54) is 11.3 Å². The van der Waals surface area contributed by atoms with E-state index in [2.05, 4.69) is 15.3 Å². The van der Waals surface area contributed by atoms with Gasteiger partial charge >= 0.3 is 0 Å². The fraction of sp³-hybridized carbons (Fsp3) is 0.235. The lowest BCUT2D eigenvalue weighted by molar-refractivity contribution is 0.0957. The van der Waals surface area contributed by atoms with Crippen molar-refractivity contribution in [2.24, 2.45) is 0 Å². The van der Waals surface area contributed by atoms with E-state index in [0.717, 1.165) is 29.2 Å². The molecule has 0 aliphatic carbocycles. The number of imidazole rings is 1. The smallest absolute Gasteiger partial charge is 0.263 e. The number of carbonyl (C=O) groups is 1. The molecule has 1 N–H and O–H groups in total. The number of amides is 1. The van der Waals surface area contributed by atoms with E-state index < -0.39 is 0 Å². The Morgan fingerprint density at radius 3 is 2.87 bits per heavy atom. The fourth-order valence-electron chi connectivity index (χ4n) is 2.34. The summed E-state index contributed by atoms with van der Waals surface area (Å²) in [5, 5.41) is 3.88. The lowest BCUT2D eigenvalue weighted by Gasteiger charge is -2.06. The maximum Gasteiger partial charge on any atom is 0.263 e. The van der Waals surface area contributed by atoms with Gasteiger partial charge in [0.2, 0.25) is 0 Å². The highest BCUT2D eigenvalue weighted by molar-refractivity contribution is 7.14. The zero-order chi connectivity index (χ0) is 16.1. The molecule has 0 spiro atoms. The molecule has 2 aromatic heterocycles. The van der Waals surface area contributed by atoms with Gasteiger partial charge in [-0.15, -0.1) is 11.3 Å². The average Bonchev–Trinajstić information content (AvgIpc) is 3.21. The number of rotatable bonds is 6. The van der Waals surface area contributed by atoms with Gasteiger partial charge in [-0.2, -0.15) is 0 Å². The van der Waals surface area contributed by atoms with Crippen LogP contribution in [-0.2, 0) is 6.54 Å². The molecule has 0 saturated heterocycles. The first-order valence-electron chi connectivity index (χ1n) is 7.51. The Labute approximate surface area is 139 Å². The monoisotopic (exact) mass is 326 g/mol. The van der Waals surface area contributed by atoms with E-state index in [4.69, 9.17) is 0 Å². The molecule has 0 unspecified atom stereocenters. The summed E-state index contributed by atoms with van der Waals surface area (Å²) in [6.07, 6.45) is 6.31. The van der Waals surface area contributed by atoms with Gasteiger partial charge in [0.25, 0.3) is 5.91 Å². The lowest BCUT2D eigenvalue weighted by Crippen LogP contribution is -2.24. The molecule has 3 rings (SSSR count). The van der Waals surface area contributed by atoms with Crippen LogP contribution in [0.15, 0.2) is 49.1 Å². The van der Waals surface area contributed by atoms with Crippen molar-refractivity contribution in [1.29, 1.82) is 0 Å². The Morgan fingerprint density at radius 2 is 2.13 bits per heavy atom. The van der Waals surface area contributed by atoms with Gasteiger partial charge in [0, 0.05) is 31.0 Å². The van der Waals surface area contributed by atoms with Crippen molar-refractivity contribution < 1.29 is 4.79 Å². The van der Waals surface area contributed by atoms with Crippen LogP contribution in [0.2, 0.25) is 0 Å². The van der Waals surface area contributed by atoms with Crippen molar-refractivity contribution in [2.45, 2.75) is 19.9 Å². The zero-order valence-electron chi connectivity index (χ0n) is 12.9. The quantitative estimate of drug-likeness (QED) is 0.708. The van der Waals surface area contributed by atoms with Crippen LogP contribution < -0.4 is 5.32 Å².